The van der Waals surface area contributed by atoms with Gasteiger partial charge in [-0.2, -0.15) is 10.2 Å². The zero-order chi connectivity index (χ0) is 24.3. The van der Waals surface area contributed by atoms with E-state index < -0.39 is 17.5 Å². The van der Waals surface area contributed by atoms with Crippen molar-refractivity contribution >= 4 is 16.6 Å². The third-order valence-corrected chi connectivity index (χ3v) is 7.24. The molecule has 0 bridgehead atoms. The second-order valence-corrected chi connectivity index (χ2v) is 9.75. The van der Waals surface area contributed by atoms with Crippen LogP contribution in [0, 0.1) is 17.1 Å². The fourth-order valence-electron chi connectivity index (χ4n) is 4.91. The number of aliphatic hydroxyl groups excluding tert-OH is 1. The third-order valence-electron chi connectivity index (χ3n) is 7.24. The van der Waals surface area contributed by atoms with Crippen LogP contribution < -0.4 is 5.56 Å². The number of benzene rings is 1. The maximum Gasteiger partial charge on any atom is 0.277 e. The minimum atomic E-state index is -0.693. The highest BCUT2D eigenvalue weighted by Crippen LogP contribution is 2.47. The molecule has 1 N–H and O–H groups in total. The summed E-state index contributed by atoms with van der Waals surface area (Å²) in [7, 11) is 0. The Morgan fingerprint density at radius 2 is 2.14 bits per heavy atom. The fraction of sp³-hybridized carbons (Fsp3) is 0.458. The van der Waals surface area contributed by atoms with E-state index in [4.69, 9.17) is 4.52 Å². The zero-order valence-electron chi connectivity index (χ0n) is 19.2. The van der Waals surface area contributed by atoms with Gasteiger partial charge in [0.2, 0.25) is 11.7 Å². The zero-order valence-corrected chi connectivity index (χ0v) is 19.2. The predicted molar refractivity (Wildman–Crippen MR) is 123 cm³/mol. The lowest BCUT2D eigenvalue weighted by atomic mass is 10.1. The molecular formula is C24H24FN7O3. The Labute approximate surface area is 199 Å². The molecule has 1 unspecified atom stereocenters. The van der Waals surface area contributed by atoms with Crippen molar-refractivity contribution < 1.29 is 14.0 Å². The molecule has 4 heterocycles. The van der Waals surface area contributed by atoms with Gasteiger partial charge >= 0.3 is 0 Å². The van der Waals surface area contributed by atoms with E-state index in [2.05, 4.69) is 20.0 Å². The van der Waals surface area contributed by atoms with Gasteiger partial charge in [-0.1, -0.05) is 12.1 Å². The highest BCUT2D eigenvalue weighted by molar-refractivity contribution is 5.87. The number of halogens is 1. The molecule has 1 atom stereocenters. The van der Waals surface area contributed by atoms with Gasteiger partial charge in [-0.25, -0.2) is 9.37 Å². The van der Waals surface area contributed by atoms with E-state index in [9.17, 15) is 19.6 Å². The number of likely N-dealkylation sites (tertiary alicyclic amines) is 1. The molecule has 1 saturated carbocycles. The molecule has 4 aromatic rings. The number of piperidine rings is 1. The fourth-order valence-corrected chi connectivity index (χ4v) is 4.91. The van der Waals surface area contributed by atoms with E-state index >= 15 is 0 Å². The van der Waals surface area contributed by atoms with E-state index in [0.29, 0.717) is 24.5 Å². The molecule has 0 radical (unpaired) electrons. The first-order valence-corrected chi connectivity index (χ1v) is 11.8. The second kappa shape index (κ2) is 7.96. The lowest BCUT2D eigenvalue weighted by Gasteiger charge is -2.30. The van der Waals surface area contributed by atoms with Crippen LogP contribution in [0.1, 0.15) is 44.1 Å². The lowest BCUT2D eigenvalue weighted by Crippen LogP contribution is -2.41. The molecule has 10 nitrogen and oxygen atoms in total. The van der Waals surface area contributed by atoms with Crippen molar-refractivity contribution in [3.8, 4) is 17.6 Å². The normalized spacial score (nSPS) is 19.9. The van der Waals surface area contributed by atoms with Crippen LogP contribution >= 0.6 is 0 Å². The van der Waals surface area contributed by atoms with Crippen LogP contribution in [0.2, 0.25) is 0 Å². The predicted octanol–water partition coefficient (Wildman–Crippen LogP) is 2.22. The highest BCUT2D eigenvalue weighted by Gasteiger charge is 2.44. The molecule has 2 fully saturated rings. The van der Waals surface area contributed by atoms with E-state index in [1.54, 1.807) is 4.40 Å². The molecule has 1 saturated heterocycles. The maximum absolute atomic E-state index is 14.6. The van der Waals surface area contributed by atoms with Crippen LogP contribution in [0.15, 0.2) is 27.8 Å². The first kappa shape index (κ1) is 21.9. The number of imidazole rings is 1. The third kappa shape index (κ3) is 3.52. The molecule has 35 heavy (non-hydrogen) atoms. The van der Waals surface area contributed by atoms with E-state index in [1.165, 1.54) is 23.0 Å². The van der Waals surface area contributed by atoms with Crippen LogP contribution in [-0.2, 0) is 12.0 Å². The van der Waals surface area contributed by atoms with Gasteiger partial charge in [0.25, 0.3) is 5.56 Å². The summed E-state index contributed by atoms with van der Waals surface area (Å²) in [4.78, 5) is 24.8. The average Bonchev–Trinajstić information content (AvgIpc) is 3.24. The number of aromatic nitrogens is 5. The molecule has 1 aliphatic carbocycles. The number of nitrogens with zero attached hydrogens (tertiary/aromatic N) is 7. The topological polar surface area (TPSA) is 125 Å². The highest BCUT2D eigenvalue weighted by atomic mass is 19.1. The molecule has 3 aromatic heterocycles. The standard InChI is InChI=1S/C24H24FN7O3/c1-24(6-7-24)23-28-21(29-35-23)18-20-22(34)31(10-9-30-8-2-3-14(33)12-30)19-15(11-26)16(25)4-5-17(19)32(20)13-27-18/h4-5,13-14,33H,2-3,6-10,12H2,1H3. The van der Waals surface area contributed by atoms with Crippen LogP contribution in [-0.4, -0.2) is 59.8 Å². The minimum Gasteiger partial charge on any atom is -0.392 e. The van der Waals surface area contributed by atoms with Gasteiger partial charge in [-0.3, -0.25) is 14.1 Å². The SMILES string of the molecule is CC1(c2nc(-c3ncn4c3c(=O)n(CCN3CCCC(O)C3)c3c(C#N)c(F)ccc34)no2)CC1. The summed E-state index contributed by atoms with van der Waals surface area (Å²) in [6.45, 7) is 4.05. The largest absolute Gasteiger partial charge is 0.392 e. The number of β-amino-alcohol motifs (C(OH)–C–C–N with tert-alkyl or cyclic N) is 1. The monoisotopic (exact) mass is 477 g/mol. The van der Waals surface area contributed by atoms with Crippen LogP contribution in [0.4, 0.5) is 4.39 Å². The first-order valence-electron chi connectivity index (χ1n) is 11.8. The maximum atomic E-state index is 14.6. The second-order valence-electron chi connectivity index (χ2n) is 9.75. The Balaban J connectivity index is 1.53. The molecule has 0 amide bonds. The average molecular weight is 478 g/mol. The summed E-state index contributed by atoms with van der Waals surface area (Å²) in [6, 6.07) is 4.68. The summed E-state index contributed by atoms with van der Waals surface area (Å²) >= 11 is 0. The summed E-state index contributed by atoms with van der Waals surface area (Å²) in [6.07, 6.45) is 4.59. The van der Waals surface area contributed by atoms with Gasteiger partial charge in [-0.15, -0.1) is 0 Å². The minimum absolute atomic E-state index is 0.133. The van der Waals surface area contributed by atoms with Gasteiger partial charge in [0, 0.05) is 25.0 Å². The van der Waals surface area contributed by atoms with Crippen LogP contribution in [0.5, 0.6) is 0 Å². The Morgan fingerprint density at radius 1 is 1.31 bits per heavy atom. The first-order chi connectivity index (χ1) is 16.9. The molecule has 1 aromatic carbocycles. The quantitative estimate of drug-likeness (QED) is 0.464. The summed E-state index contributed by atoms with van der Waals surface area (Å²) in [5.41, 5.74) is 0.457. The van der Waals surface area contributed by atoms with Crippen molar-refractivity contribution in [2.45, 2.75) is 50.7 Å². The van der Waals surface area contributed by atoms with Gasteiger partial charge in [0.05, 0.1) is 17.1 Å². The summed E-state index contributed by atoms with van der Waals surface area (Å²) in [5, 5.41) is 23.8. The van der Waals surface area contributed by atoms with Crippen molar-refractivity contribution in [2.75, 3.05) is 19.6 Å². The van der Waals surface area contributed by atoms with Crippen molar-refractivity contribution in [1.29, 1.82) is 5.26 Å². The number of fused-ring (bicyclic) bond motifs is 3. The van der Waals surface area contributed by atoms with Gasteiger partial charge in [0.1, 0.15) is 35.0 Å². The molecular weight excluding hydrogens is 453 g/mol. The van der Waals surface area contributed by atoms with Crippen molar-refractivity contribution in [2.24, 2.45) is 0 Å². The summed E-state index contributed by atoms with van der Waals surface area (Å²) in [5.74, 6) is 0.0503. The van der Waals surface area contributed by atoms with E-state index in [0.717, 1.165) is 32.2 Å². The number of hydrogen-bond donors (Lipinski definition) is 1. The molecule has 0 spiro atoms. The number of rotatable bonds is 5. The van der Waals surface area contributed by atoms with Crippen LogP contribution in [0.3, 0.4) is 0 Å². The Morgan fingerprint density at radius 3 is 2.89 bits per heavy atom. The molecule has 11 heteroatoms. The number of nitriles is 1. The number of hydrogen-bond acceptors (Lipinski definition) is 8. The van der Waals surface area contributed by atoms with Gasteiger partial charge < -0.3 is 14.2 Å². The van der Waals surface area contributed by atoms with Crippen LogP contribution in [0.25, 0.3) is 28.1 Å². The number of aliphatic hydroxyl groups is 1. The van der Waals surface area contributed by atoms with E-state index in [-0.39, 0.29) is 40.1 Å². The molecule has 6 rings (SSSR count). The molecule has 1 aliphatic heterocycles. The Bertz CT molecular complexity index is 1560. The van der Waals surface area contributed by atoms with Gasteiger partial charge in [-0.05, 0) is 44.4 Å². The summed E-state index contributed by atoms with van der Waals surface area (Å²) < 4.78 is 23.1. The Kier molecular flexibility index (Phi) is 4.98. The molecule has 180 valence electrons. The van der Waals surface area contributed by atoms with Crippen molar-refractivity contribution in [3.63, 3.8) is 0 Å². The van der Waals surface area contributed by atoms with Gasteiger partial charge in [0.15, 0.2) is 0 Å². The Hall–Kier alpha value is -3.62. The molecule has 2 aliphatic rings. The van der Waals surface area contributed by atoms with E-state index in [1.807, 2.05) is 13.0 Å². The van der Waals surface area contributed by atoms with Crippen molar-refractivity contribution in [3.05, 3.63) is 46.1 Å². The lowest BCUT2D eigenvalue weighted by molar-refractivity contribution is 0.0690. The smallest absolute Gasteiger partial charge is 0.277 e. The van der Waals surface area contributed by atoms with Crippen molar-refractivity contribution in [1.82, 2.24) is 29.0 Å².